The van der Waals surface area contributed by atoms with Crippen molar-refractivity contribution in [3.05, 3.63) is 102 Å². The van der Waals surface area contributed by atoms with E-state index in [1.54, 1.807) is 0 Å². The number of benzene rings is 3. The van der Waals surface area contributed by atoms with E-state index in [0.29, 0.717) is 5.69 Å². The summed E-state index contributed by atoms with van der Waals surface area (Å²) in [5, 5.41) is 0. The van der Waals surface area contributed by atoms with E-state index in [4.69, 9.17) is 0 Å². The van der Waals surface area contributed by atoms with Gasteiger partial charge in [-0.3, -0.25) is 9.59 Å². The molecule has 3 nitrogen and oxygen atoms in total. The largest absolute Gasteiger partial charge is 0.274 e. The molecule has 0 unspecified atom stereocenters. The predicted octanol–water partition coefficient (Wildman–Crippen LogP) is 3.93. The fraction of sp³-hybridized carbons (Fsp3) is 0.130. The van der Waals surface area contributed by atoms with Gasteiger partial charge in [-0.15, -0.1) is 0 Å². The molecule has 1 heterocycles. The Balaban J connectivity index is 1.61. The van der Waals surface area contributed by atoms with Gasteiger partial charge in [0.25, 0.3) is 0 Å². The third kappa shape index (κ3) is 2.07. The highest BCUT2D eigenvalue weighted by Crippen LogP contribution is 2.68. The lowest BCUT2D eigenvalue weighted by Gasteiger charge is -2.26. The Labute approximate surface area is 156 Å². The van der Waals surface area contributed by atoms with Crippen LogP contribution in [0.4, 0.5) is 10.1 Å². The third-order valence-corrected chi connectivity index (χ3v) is 5.77. The molecule has 1 saturated heterocycles. The molecule has 1 aliphatic heterocycles. The molecular formula is C23H16FNO2. The standard InChI is InChI=1S/C23H16FNO2/c24-17-11-13-18(14-12-17)25-21(26)19-20(22(25)27)23(19,15-7-3-1-4-8-15)16-9-5-2-6-10-16/h1-14,19-20H/t19-,20+. The molecule has 2 atom stereocenters. The first-order valence-electron chi connectivity index (χ1n) is 8.90. The summed E-state index contributed by atoms with van der Waals surface area (Å²) in [4.78, 5) is 27.6. The highest BCUT2D eigenvalue weighted by atomic mass is 19.1. The zero-order valence-corrected chi connectivity index (χ0v) is 14.4. The lowest BCUT2D eigenvalue weighted by Crippen LogP contribution is -2.39. The number of fused-ring (bicyclic) bond motifs is 1. The zero-order valence-electron chi connectivity index (χ0n) is 14.4. The summed E-state index contributed by atoms with van der Waals surface area (Å²) >= 11 is 0. The monoisotopic (exact) mass is 357 g/mol. The van der Waals surface area contributed by atoms with E-state index in [0.717, 1.165) is 11.1 Å². The van der Waals surface area contributed by atoms with Crippen LogP contribution in [-0.2, 0) is 15.0 Å². The number of anilines is 1. The van der Waals surface area contributed by atoms with Gasteiger partial charge in [-0.25, -0.2) is 9.29 Å². The number of piperidine rings is 1. The van der Waals surface area contributed by atoms with E-state index in [2.05, 4.69) is 0 Å². The van der Waals surface area contributed by atoms with Crippen molar-refractivity contribution in [3.8, 4) is 0 Å². The molecule has 2 fully saturated rings. The lowest BCUT2D eigenvalue weighted by molar-refractivity contribution is -0.124. The van der Waals surface area contributed by atoms with Gasteiger partial charge in [0, 0.05) is 5.41 Å². The van der Waals surface area contributed by atoms with Crippen LogP contribution in [0.1, 0.15) is 11.1 Å². The maximum atomic E-state index is 13.2. The van der Waals surface area contributed by atoms with Crippen LogP contribution in [0.2, 0.25) is 0 Å². The molecule has 132 valence electrons. The molecule has 4 heteroatoms. The molecule has 0 radical (unpaired) electrons. The first-order chi connectivity index (χ1) is 13.2. The number of carbonyl (C=O) groups excluding carboxylic acids is 2. The maximum absolute atomic E-state index is 13.2. The van der Waals surface area contributed by atoms with Crippen molar-refractivity contribution in [2.75, 3.05) is 4.90 Å². The molecule has 1 aliphatic carbocycles. The Morgan fingerprint density at radius 2 is 1.11 bits per heavy atom. The number of halogens is 1. The second-order valence-electron chi connectivity index (χ2n) is 7.04. The Bertz CT molecular complexity index is 967. The minimum Gasteiger partial charge on any atom is -0.274 e. The molecule has 0 N–H and O–H groups in total. The van der Waals surface area contributed by atoms with Gasteiger partial charge in [0.05, 0.1) is 17.5 Å². The molecule has 0 bridgehead atoms. The van der Waals surface area contributed by atoms with Gasteiger partial charge >= 0.3 is 0 Å². The SMILES string of the molecule is O=C1[C@@H]2[C@H](C(=O)N1c1ccc(F)cc1)C2(c1ccccc1)c1ccccc1. The van der Waals surface area contributed by atoms with Gasteiger partial charge in [0.15, 0.2) is 0 Å². The van der Waals surface area contributed by atoms with Crippen molar-refractivity contribution in [1.29, 1.82) is 0 Å². The van der Waals surface area contributed by atoms with Gasteiger partial charge in [-0.2, -0.15) is 0 Å². The molecule has 3 aromatic carbocycles. The van der Waals surface area contributed by atoms with Gasteiger partial charge < -0.3 is 0 Å². The van der Waals surface area contributed by atoms with E-state index in [9.17, 15) is 14.0 Å². The van der Waals surface area contributed by atoms with Crippen LogP contribution >= 0.6 is 0 Å². The summed E-state index contributed by atoms with van der Waals surface area (Å²) in [5.41, 5.74) is 1.76. The van der Waals surface area contributed by atoms with E-state index < -0.39 is 23.1 Å². The molecule has 0 spiro atoms. The number of rotatable bonds is 3. The number of amides is 2. The average Bonchev–Trinajstić information content (AvgIpc) is 3.35. The molecule has 3 aromatic rings. The van der Waals surface area contributed by atoms with Crippen molar-refractivity contribution in [1.82, 2.24) is 0 Å². The number of imide groups is 1. The minimum atomic E-state index is -0.618. The normalized spacial score (nSPS) is 22.6. The quantitative estimate of drug-likeness (QED) is 0.666. The van der Waals surface area contributed by atoms with Crippen LogP contribution in [0, 0.1) is 17.7 Å². The summed E-state index contributed by atoms with van der Waals surface area (Å²) < 4.78 is 13.2. The minimum absolute atomic E-state index is 0.218. The highest BCUT2D eigenvalue weighted by molar-refractivity contribution is 6.27. The van der Waals surface area contributed by atoms with Gasteiger partial charge in [0.2, 0.25) is 11.8 Å². The van der Waals surface area contributed by atoms with Crippen LogP contribution in [0.3, 0.4) is 0 Å². The van der Waals surface area contributed by atoms with E-state index >= 15 is 0 Å². The summed E-state index contributed by atoms with van der Waals surface area (Å²) in [7, 11) is 0. The van der Waals surface area contributed by atoms with Crippen molar-refractivity contribution >= 4 is 17.5 Å². The third-order valence-electron chi connectivity index (χ3n) is 5.77. The molecule has 1 saturated carbocycles. The molecule has 0 aromatic heterocycles. The summed E-state index contributed by atoms with van der Waals surface area (Å²) in [6.07, 6.45) is 0. The predicted molar refractivity (Wildman–Crippen MR) is 99.5 cm³/mol. The summed E-state index contributed by atoms with van der Waals surface area (Å²) in [6.45, 7) is 0. The average molecular weight is 357 g/mol. The zero-order chi connectivity index (χ0) is 18.6. The van der Waals surface area contributed by atoms with Gasteiger partial charge in [-0.05, 0) is 35.4 Å². The van der Waals surface area contributed by atoms with Crippen LogP contribution in [0.5, 0.6) is 0 Å². The first kappa shape index (κ1) is 15.9. The first-order valence-corrected chi connectivity index (χ1v) is 8.90. The number of hydrogen-bond acceptors (Lipinski definition) is 2. The molecular weight excluding hydrogens is 341 g/mol. The number of carbonyl (C=O) groups is 2. The van der Waals surface area contributed by atoms with E-state index in [-0.39, 0.29) is 11.8 Å². The van der Waals surface area contributed by atoms with E-state index in [1.807, 2.05) is 60.7 Å². The topological polar surface area (TPSA) is 37.4 Å². The Morgan fingerprint density at radius 3 is 1.56 bits per heavy atom. The lowest BCUT2D eigenvalue weighted by atomic mass is 9.83. The molecule has 5 rings (SSSR count). The van der Waals surface area contributed by atoms with E-state index in [1.165, 1.54) is 29.2 Å². The second-order valence-corrected chi connectivity index (χ2v) is 7.04. The summed E-state index contributed by atoms with van der Waals surface area (Å²) in [6, 6.07) is 25.0. The Hall–Kier alpha value is -3.27. The fourth-order valence-corrected chi connectivity index (χ4v) is 4.61. The van der Waals surface area contributed by atoms with Crippen molar-refractivity contribution in [2.45, 2.75) is 5.41 Å². The second kappa shape index (κ2) is 5.61. The number of hydrogen-bond donors (Lipinski definition) is 0. The van der Waals surface area contributed by atoms with Crippen LogP contribution in [0.25, 0.3) is 0 Å². The molecule has 2 aliphatic rings. The van der Waals surface area contributed by atoms with Crippen LogP contribution in [-0.4, -0.2) is 11.8 Å². The van der Waals surface area contributed by atoms with Gasteiger partial charge in [-0.1, -0.05) is 60.7 Å². The summed E-state index contributed by atoms with van der Waals surface area (Å²) in [5.74, 6) is -1.70. The van der Waals surface area contributed by atoms with Crippen molar-refractivity contribution < 1.29 is 14.0 Å². The van der Waals surface area contributed by atoms with Gasteiger partial charge in [0.1, 0.15) is 5.82 Å². The molecule has 2 amide bonds. The smallest absolute Gasteiger partial charge is 0.239 e. The van der Waals surface area contributed by atoms with Crippen molar-refractivity contribution in [2.24, 2.45) is 11.8 Å². The maximum Gasteiger partial charge on any atom is 0.239 e. The Kier molecular flexibility index (Phi) is 3.31. The van der Waals surface area contributed by atoms with Crippen LogP contribution in [0.15, 0.2) is 84.9 Å². The molecule has 27 heavy (non-hydrogen) atoms. The fourth-order valence-electron chi connectivity index (χ4n) is 4.61. The number of nitrogens with zero attached hydrogens (tertiary/aromatic N) is 1. The van der Waals surface area contributed by atoms with Crippen LogP contribution < -0.4 is 4.90 Å². The van der Waals surface area contributed by atoms with Crippen molar-refractivity contribution in [3.63, 3.8) is 0 Å². The Morgan fingerprint density at radius 1 is 0.667 bits per heavy atom. The highest BCUT2D eigenvalue weighted by Gasteiger charge is 2.78.